The largest absolute Gasteiger partial charge is 0.507 e. The summed E-state index contributed by atoms with van der Waals surface area (Å²) in [4.78, 5) is 39.8. The lowest BCUT2D eigenvalue weighted by Crippen LogP contribution is -2.29. The van der Waals surface area contributed by atoms with Gasteiger partial charge in [-0.3, -0.25) is 14.5 Å². The fraction of sp³-hybridized carbons (Fsp3) is 0.207. The molecule has 176 valence electrons. The molecule has 0 saturated carbocycles. The standard InChI is InChI=1S/C29H25NO5/c1-35-29(34)20-13-15-23(16-14-20)30-25(19-8-3-2-4-9-19)24(27(32)28(30)33)26(31)22-12-11-18-7-5-6-10-21(18)17-22/h2-4,8-9,11-17,25,31H,5-7,10H2,1H3/b26-24-. The number of benzene rings is 3. The monoisotopic (exact) mass is 467 g/mol. The van der Waals surface area contributed by atoms with Crippen molar-refractivity contribution in [3.05, 3.63) is 106 Å². The summed E-state index contributed by atoms with van der Waals surface area (Å²) in [5.74, 6) is -2.15. The molecule has 3 aromatic rings. The Kier molecular flexibility index (Phi) is 5.95. The molecule has 1 amide bonds. The molecule has 2 aliphatic rings. The van der Waals surface area contributed by atoms with Gasteiger partial charge < -0.3 is 9.84 Å². The van der Waals surface area contributed by atoms with Gasteiger partial charge in [-0.2, -0.15) is 0 Å². The van der Waals surface area contributed by atoms with Crippen molar-refractivity contribution in [2.24, 2.45) is 0 Å². The number of carbonyl (C=O) groups is 3. The highest BCUT2D eigenvalue weighted by Gasteiger charge is 2.47. The molecule has 5 rings (SSSR count). The summed E-state index contributed by atoms with van der Waals surface area (Å²) in [5.41, 5.74) is 4.49. The minimum absolute atomic E-state index is 0.0500. The van der Waals surface area contributed by atoms with Gasteiger partial charge in [0.1, 0.15) is 5.76 Å². The van der Waals surface area contributed by atoms with Crippen molar-refractivity contribution in [1.29, 1.82) is 0 Å². The van der Waals surface area contributed by atoms with E-state index in [-0.39, 0.29) is 11.3 Å². The van der Waals surface area contributed by atoms with E-state index in [0.717, 1.165) is 25.7 Å². The third kappa shape index (κ3) is 4.01. The van der Waals surface area contributed by atoms with Gasteiger partial charge in [0, 0.05) is 11.3 Å². The van der Waals surface area contributed by atoms with Crippen molar-refractivity contribution in [3.8, 4) is 0 Å². The van der Waals surface area contributed by atoms with Crippen molar-refractivity contribution >= 4 is 29.1 Å². The van der Waals surface area contributed by atoms with Crippen LogP contribution in [0.25, 0.3) is 5.76 Å². The van der Waals surface area contributed by atoms with Gasteiger partial charge >= 0.3 is 5.97 Å². The number of Topliss-reactive ketones (excluding diaryl/α,β-unsaturated/α-hetero) is 1. The van der Waals surface area contributed by atoms with E-state index in [1.807, 2.05) is 48.5 Å². The van der Waals surface area contributed by atoms with Gasteiger partial charge in [-0.15, -0.1) is 0 Å². The molecular formula is C29H25NO5. The van der Waals surface area contributed by atoms with Crippen LogP contribution in [0.2, 0.25) is 0 Å². The first-order valence-electron chi connectivity index (χ1n) is 11.7. The Hall–Kier alpha value is -4.19. The zero-order valence-corrected chi connectivity index (χ0v) is 19.4. The second-order valence-electron chi connectivity index (χ2n) is 8.81. The Balaban J connectivity index is 1.64. The minimum atomic E-state index is -0.809. The van der Waals surface area contributed by atoms with Crippen LogP contribution in [-0.2, 0) is 27.2 Å². The molecule has 0 spiro atoms. The topological polar surface area (TPSA) is 83.9 Å². The molecule has 1 fully saturated rings. The van der Waals surface area contributed by atoms with E-state index in [1.54, 1.807) is 24.3 Å². The number of methoxy groups -OCH3 is 1. The van der Waals surface area contributed by atoms with Gasteiger partial charge in [-0.05, 0) is 72.7 Å². The average molecular weight is 468 g/mol. The third-order valence-corrected chi connectivity index (χ3v) is 6.75. The molecule has 0 bridgehead atoms. The predicted molar refractivity (Wildman–Crippen MR) is 132 cm³/mol. The predicted octanol–water partition coefficient (Wildman–Crippen LogP) is 4.98. The van der Waals surface area contributed by atoms with Crippen LogP contribution in [0, 0.1) is 0 Å². The van der Waals surface area contributed by atoms with Crippen LogP contribution in [0.4, 0.5) is 5.69 Å². The Bertz CT molecular complexity index is 1340. The summed E-state index contributed by atoms with van der Waals surface area (Å²) in [7, 11) is 1.30. The maximum atomic E-state index is 13.3. The molecule has 1 heterocycles. The molecule has 1 unspecified atom stereocenters. The zero-order chi connectivity index (χ0) is 24.5. The maximum absolute atomic E-state index is 13.3. The summed E-state index contributed by atoms with van der Waals surface area (Å²) in [6.07, 6.45) is 4.17. The second kappa shape index (κ2) is 9.22. The lowest BCUT2D eigenvalue weighted by Gasteiger charge is -2.25. The molecular weight excluding hydrogens is 442 g/mol. The molecule has 1 aliphatic heterocycles. The van der Waals surface area contributed by atoms with E-state index in [9.17, 15) is 19.5 Å². The highest BCUT2D eigenvalue weighted by atomic mass is 16.5. The summed E-state index contributed by atoms with van der Waals surface area (Å²) < 4.78 is 4.75. The summed E-state index contributed by atoms with van der Waals surface area (Å²) in [6.45, 7) is 0. The first kappa shape index (κ1) is 22.6. The Morgan fingerprint density at radius 1 is 0.886 bits per heavy atom. The number of aliphatic hydroxyl groups is 1. The fourth-order valence-electron chi connectivity index (χ4n) is 4.96. The number of fused-ring (bicyclic) bond motifs is 1. The number of hydrogen-bond acceptors (Lipinski definition) is 5. The van der Waals surface area contributed by atoms with Crippen LogP contribution in [-0.4, -0.2) is 29.9 Å². The molecule has 0 radical (unpaired) electrons. The number of hydrogen-bond donors (Lipinski definition) is 1. The van der Waals surface area contributed by atoms with Gasteiger partial charge in [-0.1, -0.05) is 42.5 Å². The number of anilines is 1. The Morgan fingerprint density at radius 2 is 1.54 bits per heavy atom. The maximum Gasteiger partial charge on any atom is 0.337 e. The molecule has 6 heteroatoms. The molecule has 1 atom stereocenters. The quantitative estimate of drug-likeness (QED) is 0.253. The first-order valence-corrected chi connectivity index (χ1v) is 11.7. The van der Waals surface area contributed by atoms with Gasteiger partial charge in [-0.25, -0.2) is 4.79 Å². The van der Waals surface area contributed by atoms with E-state index >= 15 is 0 Å². The molecule has 1 aliphatic carbocycles. The fourth-order valence-corrected chi connectivity index (χ4v) is 4.96. The number of rotatable bonds is 4. The van der Waals surface area contributed by atoms with E-state index in [4.69, 9.17) is 4.74 Å². The molecule has 1 N–H and O–H groups in total. The van der Waals surface area contributed by atoms with Crippen molar-refractivity contribution in [1.82, 2.24) is 0 Å². The molecule has 3 aromatic carbocycles. The normalized spacial score (nSPS) is 18.9. The van der Waals surface area contributed by atoms with E-state index < -0.39 is 23.7 Å². The van der Waals surface area contributed by atoms with Crippen molar-refractivity contribution in [3.63, 3.8) is 0 Å². The highest BCUT2D eigenvalue weighted by molar-refractivity contribution is 6.51. The van der Waals surface area contributed by atoms with Crippen LogP contribution >= 0.6 is 0 Å². The van der Waals surface area contributed by atoms with Gasteiger partial charge in [0.2, 0.25) is 0 Å². The number of esters is 1. The van der Waals surface area contributed by atoms with Gasteiger partial charge in [0.05, 0.1) is 24.3 Å². The minimum Gasteiger partial charge on any atom is -0.507 e. The zero-order valence-electron chi connectivity index (χ0n) is 19.4. The van der Waals surface area contributed by atoms with E-state index in [1.165, 1.54) is 23.1 Å². The van der Waals surface area contributed by atoms with Crippen LogP contribution in [0.15, 0.2) is 78.4 Å². The van der Waals surface area contributed by atoms with Crippen LogP contribution < -0.4 is 4.90 Å². The number of aryl methyl sites for hydroxylation is 2. The third-order valence-electron chi connectivity index (χ3n) is 6.75. The number of ether oxygens (including phenoxy) is 1. The van der Waals surface area contributed by atoms with Gasteiger partial charge in [0.25, 0.3) is 11.7 Å². The SMILES string of the molecule is COC(=O)c1ccc(N2C(=O)C(=O)/C(=C(\O)c3ccc4c(c3)CCCC4)C2c2ccccc2)cc1. The Morgan fingerprint density at radius 3 is 2.23 bits per heavy atom. The van der Waals surface area contributed by atoms with Crippen molar-refractivity contribution < 1.29 is 24.2 Å². The van der Waals surface area contributed by atoms with Crippen LogP contribution in [0.5, 0.6) is 0 Å². The van der Waals surface area contributed by atoms with Crippen LogP contribution in [0.1, 0.15) is 51.5 Å². The number of nitrogens with zero attached hydrogens (tertiary/aromatic N) is 1. The Labute approximate surface area is 203 Å². The molecule has 0 aromatic heterocycles. The summed E-state index contributed by atoms with van der Waals surface area (Å²) >= 11 is 0. The molecule has 35 heavy (non-hydrogen) atoms. The van der Waals surface area contributed by atoms with E-state index in [0.29, 0.717) is 22.4 Å². The lowest BCUT2D eigenvalue weighted by atomic mass is 9.88. The summed E-state index contributed by atoms with van der Waals surface area (Å²) in [5, 5.41) is 11.4. The smallest absolute Gasteiger partial charge is 0.337 e. The van der Waals surface area contributed by atoms with Crippen molar-refractivity contribution in [2.75, 3.05) is 12.0 Å². The first-order chi connectivity index (χ1) is 17.0. The number of ketones is 1. The molecule has 6 nitrogen and oxygen atoms in total. The summed E-state index contributed by atoms with van der Waals surface area (Å²) in [6, 6.07) is 20.4. The van der Waals surface area contributed by atoms with Crippen molar-refractivity contribution in [2.45, 2.75) is 31.7 Å². The highest BCUT2D eigenvalue weighted by Crippen LogP contribution is 2.42. The number of amides is 1. The number of carbonyl (C=O) groups excluding carboxylic acids is 3. The van der Waals surface area contributed by atoms with E-state index in [2.05, 4.69) is 0 Å². The van der Waals surface area contributed by atoms with Gasteiger partial charge in [0.15, 0.2) is 0 Å². The second-order valence-corrected chi connectivity index (χ2v) is 8.81. The number of aliphatic hydroxyl groups excluding tert-OH is 1. The van der Waals surface area contributed by atoms with Crippen LogP contribution in [0.3, 0.4) is 0 Å². The molecule has 1 saturated heterocycles. The lowest BCUT2D eigenvalue weighted by molar-refractivity contribution is -0.132. The average Bonchev–Trinajstić information content (AvgIpc) is 3.18.